The topological polar surface area (TPSA) is 78.9 Å². The molecule has 2 aromatic rings. The van der Waals surface area contributed by atoms with Crippen LogP contribution in [0.15, 0.2) is 46.9 Å². The zero-order valence-corrected chi connectivity index (χ0v) is 12.9. The summed E-state index contributed by atoms with van der Waals surface area (Å²) in [6.07, 6.45) is 0.938. The van der Waals surface area contributed by atoms with E-state index in [0.29, 0.717) is 29.8 Å². The van der Waals surface area contributed by atoms with Crippen molar-refractivity contribution in [1.29, 1.82) is 5.26 Å². The van der Waals surface area contributed by atoms with Crippen molar-refractivity contribution in [3.05, 3.63) is 58.1 Å². The van der Waals surface area contributed by atoms with Gasteiger partial charge in [0.05, 0.1) is 11.3 Å². The van der Waals surface area contributed by atoms with Gasteiger partial charge in [-0.3, -0.25) is 4.79 Å². The van der Waals surface area contributed by atoms with E-state index in [9.17, 15) is 4.79 Å². The van der Waals surface area contributed by atoms with Crippen molar-refractivity contribution in [2.75, 3.05) is 11.1 Å². The Kier molecular flexibility index (Phi) is 4.96. The highest BCUT2D eigenvalue weighted by Crippen LogP contribution is 2.21. The molecule has 3 N–H and O–H groups in total. The van der Waals surface area contributed by atoms with Crippen molar-refractivity contribution >= 4 is 33.2 Å². The van der Waals surface area contributed by atoms with E-state index in [1.807, 2.05) is 24.3 Å². The first-order chi connectivity index (χ1) is 10.1. The molecule has 21 heavy (non-hydrogen) atoms. The predicted octanol–water partition coefficient (Wildman–Crippen LogP) is 3.47. The number of nitrogens with two attached hydrogens (primary N) is 1. The summed E-state index contributed by atoms with van der Waals surface area (Å²) in [4.78, 5) is 12.0. The first kappa shape index (κ1) is 15.1. The molecule has 0 fully saturated rings. The zero-order chi connectivity index (χ0) is 15.2. The lowest BCUT2D eigenvalue weighted by Gasteiger charge is -2.08. The van der Waals surface area contributed by atoms with Crippen LogP contribution in [-0.2, 0) is 11.2 Å². The first-order valence-corrected chi connectivity index (χ1v) is 7.21. The quantitative estimate of drug-likeness (QED) is 0.834. The largest absolute Gasteiger partial charge is 0.399 e. The maximum atomic E-state index is 12.0. The number of carbonyl (C=O) groups is 1. The van der Waals surface area contributed by atoms with Crippen LogP contribution < -0.4 is 11.1 Å². The number of benzene rings is 2. The number of amides is 1. The summed E-state index contributed by atoms with van der Waals surface area (Å²) in [5.41, 5.74) is 8.36. The Morgan fingerprint density at radius 3 is 2.81 bits per heavy atom. The molecule has 0 radical (unpaired) electrons. The molecule has 0 unspecified atom stereocenters. The summed E-state index contributed by atoms with van der Waals surface area (Å²) >= 11 is 3.32. The van der Waals surface area contributed by atoms with E-state index < -0.39 is 0 Å². The Bertz CT molecular complexity index is 707. The van der Waals surface area contributed by atoms with Crippen LogP contribution in [0.1, 0.15) is 17.5 Å². The van der Waals surface area contributed by atoms with Gasteiger partial charge in [-0.25, -0.2) is 0 Å². The third-order valence-corrected chi connectivity index (χ3v) is 3.46. The smallest absolute Gasteiger partial charge is 0.224 e. The van der Waals surface area contributed by atoms with Crippen molar-refractivity contribution in [3.8, 4) is 6.07 Å². The fourth-order valence-electron chi connectivity index (χ4n) is 1.94. The number of anilines is 2. The lowest BCUT2D eigenvalue weighted by Crippen LogP contribution is -2.13. The maximum absolute atomic E-state index is 12.0. The molecule has 0 aliphatic heterocycles. The standard InChI is InChI=1S/C16H14BrN3O/c17-13-6-5-12(10-18)15(9-13)20-16(21)7-4-11-2-1-3-14(19)8-11/h1-3,5-6,8-9H,4,7,19H2,(H,20,21). The molecule has 0 aromatic heterocycles. The van der Waals surface area contributed by atoms with Gasteiger partial charge in [0.1, 0.15) is 6.07 Å². The third-order valence-electron chi connectivity index (χ3n) is 2.97. The molecule has 0 spiro atoms. The summed E-state index contributed by atoms with van der Waals surface area (Å²) in [5, 5.41) is 11.8. The first-order valence-electron chi connectivity index (χ1n) is 6.42. The summed E-state index contributed by atoms with van der Waals surface area (Å²) in [6.45, 7) is 0. The number of halogens is 1. The number of hydrogen-bond acceptors (Lipinski definition) is 3. The molecule has 106 valence electrons. The zero-order valence-electron chi connectivity index (χ0n) is 11.3. The van der Waals surface area contributed by atoms with Crippen LogP contribution in [0.25, 0.3) is 0 Å². The summed E-state index contributed by atoms with van der Waals surface area (Å²) in [6, 6.07) is 14.7. The lowest BCUT2D eigenvalue weighted by atomic mass is 10.1. The predicted molar refractivity (Wildman–Crippen MR) is 86.7 cm³/mol. The van der Waals surface area contributed by atoms with E-state index in [2.05, 4.69) is 27.3 Å². The molecular weight excluding hydrogens is 330 g/mol. The third kappa shape index (κ3) is 4.33. The van der Waals surface area contributed by atoms with E-state index >= 15 is 0 Å². The second-order valence-electron chi connectivity index (χ2n) is 4.59. The molecule has 1 amide bonds. The van der Waals surface area contributed by atoms with Gasteiger partial charge in [-0.15, -0.1) is 0 Å². The Morgan fingerprint density at radius 1 is 1.29 bits per heavy atom. The van der Waals surface area contributed by atoms with Crippen LogP contribution in [0, 0.1) is 11.3 Å². The highest BCUT2D eigenvalue weighted by molar-refractivity contribution is 9.10. The highest BCUT2D eigenvalue weighted by Gasteiger charge is 2.08. The van der Waals surface area contributed by atoms with Gasteiger partial charge in [0, 0.05) is 16.6 Å². The molecule has 5 heteroatoms. The van der Waals surface area contributed by atoms with E-state index in [4.69, 9.17) is 11.0 Å². The SMILES string of the molecule is N#Cc1ccc(Br)cc1NC(=O)CCc1cccc(N)c1. The fraction of sp³-hybridized carbons (Fsp3) is 0.125. The van der Waals surface area contributed by atoms with Gasteiger partial charge in [0.25, 0.3) is 0 Å². The monoisotopic (exact) mass is 343 g/mol. The average Bonchev–Trinajstić information content (AvgIpc) is 2.45. The van der Waals surface area contributed by atoms with Crippen LogP contribution in [0.2, 0.25) is 0 Å². The lowest BCUT2D eigenvalue weighted by molar-refractivity contribution is -0.116. The number of hydrogen-bond donors (Lipinski definition) is 2. The minimum atomic E-state index is -0.132. The Morgan fingerprint density at radius 2 is 2.10 bits per heavy atom. The number of nitriles is 1. The second-order valence-corrected chi connectivity index (χ2v) is 5.51. The molecule has 0 bridgehead atoms. The molecule has 2 aromatic carbocycles. The molecule has 0 aliphatic carbocycles. The van der Waals surface area contributed by atoms with Crippen LogP contribution in [0.3, 0.4) is 0 Å². The van der Waals surface area contributed by atoms with Gasteiger partial charge in [0.2, 0.25) is 5.91 Å². The molecular formula is C16H14BrN3O. The summed E-state index contributed by atoms with van der Waals surface area (Å²) in [5.74, 6) is -0.132. The number of aryl methyl sites for hydroxylation is 1. The highest BCUT2D eigenvalue weighted by atomic mass is 79.9. The Balaban J connectivity index is 1.99. The van der Waals surface area contributed by atoms with E-state index in [0.717, 1.165) is 10.0 Å². The van der Waals surface area contributed by atoms with Gasteiger partial charge < -0.3 is 11.1 Å². The van der Waals surface area contributed by atoms with Gasteiger partial charge in [0.15, 0.2) is 0 Å². The molecule has 0 aliphatic rings. The fourth-order valence-corrected chi connectivity index (χ4v) is 2.30. The Labute approximate surface area is 131 Å². The molecule has 0 saturated carbocycles. The average molecular weight is 344 g/mol. The van der Waals surface area contributed by atoms with Gasteiger partial charge in [-0.05, 0) is 42.3 Å². The van der Waals surface area contributed by atoms with Gasteiger partial charge in [-0.2, -0.15) is 5.26 Å². The summed E-state index contributed by atoms with van der Waals surface area (Å²) < 4.78 is 0.813. The summed E-state index contributed by atoms with van der Waals surface area (Å²) in [7, 11) is 0. The van der Waals surface area contributed by atoms with E-state index in [1.165, 1.54) is 0 Å². The van der Waals surface area contributed by atoms with Crippen molar-refractivity contribution < 1.29 is 4.79 Å². The van der Waals surface area contributed by atoms with Crippen molar-refractivity contribution in [1.82, 2.24) is 0 Å². The second kappa shape index (κ2) is 6.91. The minimum absolute atomic E-state index is 0.132. The number of nitrogen functional groups attached to an aromatic ring is 1. The van der Waals surface area contributed by atoms with Crippen molar-refractivity contribution in [2.45, 2.75) is 12.8 Å². The van der Waals surface area contributed by atoms with Crippen LogP contribution >= 0.6 is 15.9 Å². The van der Waals surface area contributed by atoms with Gasteiger partial charge >= 0.3 is 0 Å². The number of carbonyl (C=O) groups excluding carboxylic acids is 1. The van der Waals surface area contributed by atoms with Crippen molar-refractivity contribution in [2.24, 2.45) is 0 Å². The number of nitrogens with one attached hydrogen (secondary N) is 1. The van der Waals surface area contributed by atoms with Crippen LogP contribution in [-0.4, -0.2) is 5.91 Å². The molecule has 4 nitrogen and oxygen atoms in total. The van der Waals surface area contributed by atoms with Crippen LogP contribution in [0.5, 0.6) is 0 Å². The normalized spacial score (nSPS) is 9.90. The van der Waals surface area contributed by atoms with Crippen LogP contribution in [0.4, 0.5) is 11.4 Å². The maximum Gasteiger partial charge on any atom is 0.224 e. The molecule has 0 heterocycles. The van der Waals surface area contributed by atoms with E-state index in [-0.39, 0.29) is 5.91 Å². The molecule has 0 saturated heterocycles. The van der Waals surface area contributed by atoms with Gasteiger partial charge in [-0.1, -0.05) is 28.1 Å². The Hall–Kier alpha value is -2.32. The minimum Gasteiger partial charge on any atom is -0.399 e. The molecule has 2 rings (SSSR count). The van der Waals surface area contributed by atoms with Crippen molar-refractivity contribution in [3.63, 3.8) is 0 Å². The number of nitrogens with zero attached hydrogens (tertiary/aromatic N) is 1. The number of rotatable bonds is 4. The van der Waals surface area contributed by atoms with E-state index in [1.54, 1.807) is 18.2 Å². The molecule has 0 atom stereocenters.